The van der Waals surface area contributed by atoms with E-state index in [9.17, 15) is 0 Å². The summed E-state index contributed by atoms with van der Waals surface area (Å²) in [6.07, 6.45) is 7.25. The topological polar surface area (TPSA) is 47.1 Å². The van der Waals surface area contributed by atoms with Crippen LogP contribution in [0.1, 0.15) is 33.1 Å². The summed E-state index contributed by atoms with van der Waals surface area (Å²) in [4.78, 5) is 6.87. The van der Waals surface area contributed by atoms with Gasteiger partial charge in [0.15, 0.2) is 0 Å². The Morgan fingerprint density at radius 2 is 2.38 bits per heavy atom. The molecule has 4 heteroatoms. The van der Waals surface area contributed by atoms with E-state index in [1.54, 1.807) is 0 Å². The highest BCUT2D eigenvalue weighted by molar-refractivity contribution is 5.34. The molecule has 2 rings (SSSR count). The lowest BCUT2D eigenvalue weighted by Crippen LogP contribution is -2.46. The Hall–Kier alpha value is -1.03. The number of hydrogen-bond donors (Lipinski definition) is 1. The molecule has 2 atom stereocenters. The second-order valence-corrected chi connectivity index (χ2v) is 4.75. The van der Waals surface area contributed by atoms with Crippen LogP contribution in [0.2, 0.25) is 0 Å². The Bertz CT molecular complexity index is 334. The maximum absolute atomic E-state index is 5.98. The lowest BCUT2D eigenvalue weighted by Gasteiger charge is -2.37. The monoisotopic (exact) mass is 222 g/mol. The molecule has 0 radical (unpaired) electrons. The van der Waals surface area contributed by atoms with E-state index in [0.29, 0.717) is 12.1 Å². The van der Waals surface area contributed by atoms with Crippen LogP contribution in [0, 0.1) is 0 Å². The van der Waals surface area contributed by atoms with Crippen molar-refractivity contribution in [3.8, 4) is 0 Å². The third kappa shape index (κ3) is 2.21. The normalized spacial score (nSPS) is 26.1. The van der Waals surface area contributed by atoms with E-state index in [1.165, 1.54) is 0 Å². The predicted octanol–water partition coefficient (Wildman–Crippen LogP) is 1.61. The smallest absolute Gasteiger partial charge is 0.205 e. The first-order valence-corrected chi connectivity index (χ1v) is 6.25. The molecule has 1 aliphatic rings. The maximum Gasteiger partial charge on any atom is 0.205 e. The summed E-state index contributed by atoms with van der Waals surface area (Å²) in [6, 6.07) is 0.864. The molecule has 0 aromatic carbocycles. The minimum atomic E-state index is 0.362. The number of nitrogens with zero attached hydrogens (tertiary/aromatic N) is 3. The molecule has 0 saturated carbocycles. The summed E-state index contributed by atoms with van der Waals surface area (Å²) in [6.45, 7) is 6.51. The van der Waals surface area contributed by atoms with Gasteiger partial charge in [-0.05, 0) is 26.2 Å². The molecule has 4 nitrogen and oxygen atoms in total. The molecule has 90 valence electrons. The van der Waals surface area contributed by atoms with Crippen LogP contribution in [0.15, 0.2) is 12.4 Å². The zero-order valence-corrected chi connectivity index (χ0v) is 10.3. The van der Waals surface area contributed by atoms with Gasteiger partial charge in [-0.15, -0.1) is 0 Å². The van der Waals surface area contributed by atoms with Crippen molar-refractivity contribution in [3.63, 3.8) is 0 Å². The van der Waals surface area contributed by atoms with E-state index in [4.69, 9.17) is 5.73 Å². The molecule has 2 unspecified atom stereocenters. The fourth-order valence-corrected chi connectivity index (χ4v) is 2.48. The van der Waals surface area contributed by atoms with Crippen LogP contribution >= 0.6 is 0 Å². The number of anilines is 1. The van der Waals surface area contributed by atoms with Crippen molar-refractivity contribution < 1.29 is 0 Å². The summed E-state index contributed by atoms with van der Waals surface area (Å²) in [5.41, 5.74) is 5.98. The van der Waals surface area contributed by atoms with Crippen molar-refractivity contribution in [2.75, 3.05) is 11.4 Å². The van der Waals surface area contributed by atoms with Crippen LogP contribution in [0.3, 0.4) is 0 Å². The van der Waals surface area contributed by atoms with Crippen molar-refractivity contribution in [1.29, 1.82) is 0 Å². The highest BCUT2D eigenvalue weighted by Gasteiger charge is 2.25. The first-order chi connectivity index (χ1) is 7.72. The highest BCUT2D eigenvalue weighted by Crippen LogP contribution is 2.22. The first kappa shape index (κ1) is 11.5. The van der Waals surface area contributed by atoms with E-state index >= 15 is 0 Å². The minimum Gasteiger partial charge on any atom is -0.339 e. The van der Waals surface area contributed by atoms with E-state index in [-0.39, 0.29) is 0 Å². The van der Waals surface area contributed by atoms with Crippen molar-refractivity contribution in [2.24, 2.45) is 5.73 Å². The average Bonchev–Trinajstić information content (AvgIpc) is 2.67. The molecule has 0 aliphatic carbocycles. The third-order valence-electron chi connectivity index (χ3n) is 3.33. The maximum atomic E-state index is 5.98. The van der Waals surface area contributed by atoms with Crippen molar-refractivity contribution in [2.45, 2.75) is 51.7 Å². The Labute approximate surface area is 97.4 Å². The summed E-state index contributed by atoms with van der Waals surface area (Å²) in [7, 11) is 0. The van der Waals surface area contributed by atoms with Gasteiger partial charge in [0.1, 0.15) is 0 Å². The second-order valence-electron chi connectivity index (χ2n) is 4.75. The number of aryl methyl sites for hydroxylation is 1. The van der Waals surface area contributed by atoms with E-state index < -0.39 is 0 Å². The van der Waals surface area contributed by atoms with Gasteiger partial charge in [0.05, 0.1) is 0 Å². The highest BCUT2D eigenvalue weighted by atomic mass is 15.3. The fraction of sp³-hybridized carbons (Fsp3) is 0.750. The Morgan fingerprint density at radius 1 is 1.56 bits per heavy atom. The van der Waals surface area contributed by atoms with Crippen LogP contribution in [-0.2, 0) is 6.54 Å². The number of imidazole rings is 1. The van der Waals surface area contributed by atoms with Gasteiger partial charge in [-0.25, -0.2) is 4.98 Å². The SMILES string of the molecule is CCCn1ccnc1N1CCC(N)CC1C. The minimum absolute atomic E-state index is 0.362. The molecule has 0 amide bonds. The molecular weight excluding hydrogens is 200 g/mol. The molecular formula is C12H22N4. The summed E-state index contributed by atoms with van der Waals surface area (Å²) in [5.74, 6) is 1.11. The van der Waals surface area contributed by atoms with Crippen LogP contribution < -0.4 is 10.6 Å². The Kier molecular flexibility index (Phi) is 3.49. The molecule has 16 heavy (non-hydrogen) atoms. The van der Waals surface area contributed by atoms with Crippen LogP contribution in [0.25, 0.3) is 0 Å². The molecule has 1 fully saturated rings. The van der Waals surface area contributed by atoms with Gasteiger partial charge in [0.25, 0.3) is 0 Å². The summed E-state index contributed by atoms with van der Waals surface area (Å²) < 4.78 is 2.24. The molecule has 1 aromatic rings. The van der Waals surface area contributed by atoms with Gasteiger partial charge in [-0.2, -0.15) is 0 Å². The van der Waals surface area contributed by atoms with Gasteiger partial charge in [0, 0.05) is 37.6 Å². The predicted molar refractivity (Wildman–Crippen MR) is 66.5 cm³/mol. The van der Waals surface area contributed by atoms with Gasteiger partial charge in [-0.1, -0.05) is 6.92 Å². The molecule has 0 spiro atoms. The molecule has 0 bridgehead atoms. The van der Waals surface area contributed by atoms with Crippen molar-refractivity contribution in [3.05, 3.63) is 12.4 Å². The lowest BCUT2D eigenvalue weighted by atomic mass is 10.00. The van der Waals surface area contributed by atoms with Crippen molar-refractivity contribution >= 4 is 5.95 Å². The molecule has 1 aliphatic heterocycles. The quantitative estimate of drug-likeness (QED) is 0.845. The van der Waals surface area contributed by atoms with E-state index in [1.807, 2.05) is 6.20 Å². The molecule has 1 aromatic heterocycles. The lowest BCUT2D eigenvalue weighted by molar-refractivity contribution is 0.419. The van der Waals surface area contributed by atoms with Gasteiger partial charge in [-0.3, -0.25) is 0 Å². The number of hydrogen-bond acceptors (Lipinski definition) is 3. The Morgan fingerprint density at radius 3 is 3.06 bits per heavy atom. The number of rotatable bonds is 3. The summed E-state index contributed by atoms with van der Waals surface area (Å²) >= 11 is 0. The zero-order chi connectivity index (χ0) is 11.5. The fourth-order valence-electron chi connectivity index (χ4n) is 2.48. The van der Waals surface area contributed by atoms with Crippen LogP contribution in [-0.4, -0.2) is 28.2 Å². The van der Waals surface area contributed by atoms with Gasteiger partial charge < -0.3 is 15.2 Å². The third-order valence-corrected chi connectivity index (χ3v) is 3.33. The number of piperidine rings is 1. The standard InChI is InChI=1S/C12H22N4/c1-3-6-15-8-5-14-12(15)16-7-4-11(13)9-10(16)2/h5,8,10-11H,3-4,6-7,9,13H2,1-2H3. The van der Waals surface area contributed by atoms with E-state index in [2.05, 4.69) is 34.5 Å². The van der Waals surface area contributed by atoms with Crippen LogP contribution in [0.4, 0.5) is 5.95 Å². The zero-order valence-electron chi connectivity index (χ0n) is 10.3. The molecule has 2 N–H and O–H groups in total. The molecule has 2 heterocycles. The van der Waals surface area contributed by atoms with Gasteiger partial charge >= 0.3 is 0 Å². The van der Waals surface area contributed by atoms with E-state index in [0.717, 1.165) is 38.3 Å². The molecule has 1 saturated heterocycles. The largest absolute Gasteiger partial charge is 0.339 e. The van der Waals surface area contributed by atoms with Crippen molar-refractivity contribution in [1.82, 2.24) is 9.55 Å². The average molecular weight is 222 g/mol. The van der Waals surface area contributed by atoms with Crippen LogP contribution in [0.5, 0.6) is 0 Å². The number of aromatic nitrogens is 2. The first-order valence-electron chi connectivity index (χ1n) is 6.25. The summed E-state index contributed by atoms with van der Waals surface area (Å²) in [5, 5.41) is 0. The van der Waals surface area contributed by atoms with Gasteiger partial charge in [0.2, 0.25) is 5.95 Å². The second kappa shape index (κ2) is 4.87. The number of nitrogens with two attached hydrogens (primary N) is 1. The Balaban J connectivity index is 2.13.